The van der Waals surface area contributed by atoms with Crippen LogP contribution in [0.25, 0.3) is 33.6 Å². The van der Waals surface area contributed by atoms with Gasteiger partial charge in [-0.3, -0.25) is 9.59 Å². The minimum Gasteiger partial charge on any atom is -0.453 e. The molecule has 0 spiro atoms. The lowest BCUT2D eigenvalue weighted by Crippen LogP contribution is -2.51. The van der Waals surface area contributed by atoms with Crippen LogP contribution < -0.4 is 10.6 Å². The Bertz CT molecular complexity index is 2150. The monoisotopic (exact) mass is 776 g/mol. The number of aromatic nitrogens is 4. The van der Waals surface area contributed by atoms with Crippen molar-refractivity contribution in [2.75, 3.05) is 27.3 Å². The Labute approximate surface area is 333 Å². The van der Waals surface area contributed by atoms with Crippen molar-refractivity contribution in [2.45, 2.75) is 84.5 Å². The smallest absolute Gasteiger partial charge is 0.407 e. The van der Waals surface area contributed by atoms with Gasteiger partial charge in [0.2, 0.25) is 11.8 Å². The van der Waals surface area contributed by atoms with Gasteiger partial charge in [0.25, 0.3) is 0 Å². The van der Waals surface area contributed by atoms with E-state index in [9.17, 15) is 19.2 Å². The molecule has 6 rings (SSSR count). The number of nitrogens with zero attached hydrogens (tertiary/aromatic N) is 4. The molecule has 300 valence electrons. The maximum absolute atomic E-state index is 13.6. The molecule has 4 aromatic rings. The molecule has 2 aliphatic heterocycles. The minimum absolute atomic E-state index is 0.114. The first kappa shape index (κ1) is 40.6. The van der Waals surface area contributed by atoms with Crippen LogP contribution in [0.1, 0.15) is 89.6 Å². The highest BCUT2D eigenvalue weighted by Gasteiger charge is 2.39. The molecule has 4 heterocycles. The zero-order valence-electron chi connectivity index (χ0n) is 33.6. The minimum atomic E-state index is -0.705. The van der Waals surface area contributed by atoms with Crippen molar-refractivity contribution in [3.8, 4) is 45.5 Å². The number of nitrogens with one attached hydrogen (secondary N) is 4. The van der Waals surface area contributed by atoms with E-state index in [1.807, 2.05) is 58.9 Å². The van der Waals surface area contributed by atoms with Crippen molar-refractivity contribution in [3.63, 3.8) is 0 Å². The molecule has 2 aliphatic rings. The maximum atomic E-state index is 13.6. The van der Waals surface area contributed by atoms with Crippen molar-refractivity contribution in [3.05, 3.63) is 72.1 Å². The van der Waals surface area contributed by atoms with Crippen LogP contribution in [0.15, 0.2) is 54.9 Å². The summed E-state index contributed by atoms with van der Waals surface area (Å²) >= 11 is 0. The number of hydrogen-bond acceptors (Lipinski definition) is 8. The molecule has 0 saturated carbocycles. The van der Waals surface area contributed by atoms with Crippen LogP contribution in [0, 0.1) is 23.7 Å². The molecular formula is C43H52N8O6. The molecule has 4 amide bonds. The van der Waals surface area contributed by atoms with Gasteiger partial charge in [0.15, 0.2) is 0 Å². The van der Waals surface area contributed by atoms with E-state index in [0.29, 0.717) is 24.7 Å². The Balaban J connectivity index is 1.17. The number of hydrogen-bond donors (Lipinski definition) is 4. The highest BCUT2D eigenvalue weighted by molar-refractivity contribution is 5.87. The summed E-state index contributed by atoms with van der Waals surface area (Å²) in [5.41, 5.74) is 6.36. The highest BCUT2D eigenvalue weighted by atomic mass is 16.5. The molecule has 57 heavy (non-hydrogen) atoms. The summed E-state index contributed by atoms with van der Waals surface area (Å²) in [6.07, 6.45) is 5.52. The molecule has 2 aromatic carbocycles. The molecular weight excluding hydrogens is 725 g/mol. The third kappa shape index (κ3) is 8.83. The Morgan fingerprint density at radius 1 is 0.719 bits per heavy atom. The fourth-order valence-electron chi connectivity index (χ4n) is 7.72. The summed E-state index contributed by atoms with van der Waals surface area (Å²) < 4.78 is 9.53. The lowest BCUT2D eigenvalue weighted by Gasteiger charge is -2.30. The first-order valence-corrected chi connectivity index (χ1v) is 19.5. The number of carbonyl (C=O) groups is 4. The van der Waals surface area contributed by atoms with E-state index >= 15 is 0 Å². The van der Waals surface area contributed by atoms with Crippen LogP contribution in [0.5, 0.6) is 0 Å². The molecule has 4 atom stereocenters. The van der Waals surface area contributed by atoms with Gasteiger partial charge >= 0.3 is 12.2 Å². The molecule has 0 bridgehead atoms. The number of methoxy groups -OCH3 is 2. The molecule has 14 nitrogen and oxygen atoms in total. The predicted octanol–water partition coefficient (Wildman–Crippen LogP) is 6.59. The summed E-state index contributed by atoms with van der Waals surface area (Å²) in [4.78, 5) is 71.1. The third-order valence-electron chi connectivity index (χ3n) is 10.8. The zero-order chi connectivity index (χ0) is 40.8. The van der Waals surface area contributed by atoms with E-state index < -0.39 is 24.3 Å². The van der Waals surface area contributed by atoms with Gasteiger partial charge in [0, 0.05) is 24.2 Å². The van der Waals surface area contributed by atoms with E-state index in [-0.39, 0.29) is 35.7 Å². The lowest BCUT2D eigenvalue weighted by atomic mass is 9.96. The molecule has 0 aliphatic carbocycles. The van der Waals surface area contributed by atoms with Crippen molar-refractivity contribution in [1.82, 2.24) is 40.4 Å². The van der Waals surface area contributed by atoms with Crippen molar-refractivity contribution < 1.29 is 28.7 Å². The van der Waals surface area contributed by atoms with Gasteiger partial charge in [-0.1, -0.05) is 70.0 Å². The molecule has 0 radical (unpaired) electrons. The number of aromatic amines is 2. The van der Waals surface area contributed by atoms with Crippen LogP contribution in [0.2, 0.25) is 0 Å². The van der Waals surface area contributed by atoms with Crippen molar-refractivity contribution in [2.24, 2.45) is 11.8 Å². The summed E-state index contributed by atoms with van der Waals surface area (Å²) in [6, 6.07) is 12.5. The fraction of sp³-hybridized carbons (Fsp3) is 0.442. The van der Waals surface area contributed by atoms with Crippen molar-refractivity contribution in [1.29, 1.82) is 0 Å². The second-order valence-corrected chi connectivity index (χ2v) is 15.2. The van der Waals surface area contributed by atoms with Crippen LogP contribution >= 0.6 is 0 Å². The lowest BCUT2D eigenvalue weighted by molar-refractivity contribution is -0.136. The third-order valence-corrected chi connectivity index (χ3v) is 10.8. The van der Waals surface area contributed by atoms with Gasteiger partial charge in [0.1, 0.15) is 23.7 Å². The SMILES string of the molecule is CC#Cc1cc(-c2cnc([C@@H]3CCCN3C(=O)[C@@H](NC(=O)OC)C(C)C)[nH]2)ccc1-c1ccc(-c2cnc([C@@H]3CCCN3C(=O)[C@@H](NC(=O)OC)C(C)C)[nH]2)cc1. The van der Waals surface area contributed by atoms with Crippen LogP contribution in [-0.4, -0.2) is 93.1 Å². The average molecular weight is 777 g/mol. The van der Waals surface area contributed by atoms with E-state index in [0.717, 1.165) is 64.9 Å². The summed E-state index contributed by atoms with van der Waals surface area (Å²) in [7, 11) is 2.57. The van der Waals surface area contributed by atoms with E-state index in [4.69, 9.17) is 14.5 Å². The Morgan fingerprint density at radius 3 is 1.63 bits per heavy atom. The number of likely N-dealkylation sites (tertiary alicyclic amines) is 2. The number of carbonyl (C=O) groups excluding carboxylic acids is 4. The Hall–Kier alpha value is -6.10. The van der Waals surface area contributed by atoms with Crippen LogP contribution in [-0.2, 0) is 19.1 Å². The molecule has 2 fully saturated rings. The van der Waals surface area contributed by atoms with Gasteiger partial charge < -0.3 is 39.9 Å². The average Bonchev–Trinajstić information content (AvgIpc) is 4.05. The van der Waals surface area contributed by atoms with Gasteiger partial charge in [0.05, 0.1) is 50.1 Å². The van der Waals surface area contributed by atoms with Crippen LogP contribution in [0.3, 0.4) is 0 Å². The highest BCUT2D eigenvalue weighted by Crippen LogP contribution is 2.36. The van der Waals surface area contributed by atoms with Gasteiger partial charge in [-0.15, -0.1) is 5.92 Å². The van der Waals surface area contributed by atoms with Crippen LogP contribution in [0.4, 0.5) is 9.59 Å². The fourth-order valence-corrected chi connectivity index (χ4v) is 7.72. The topological polar surface area (TPSA) is 175 Å². The number of imidazole rings is 2. The summed E-state index contributed by atoms with van der Waals surface area (Å²) in [5.74, 6) is 7.20. The second kappa shape index (κ2) is 17.8. The second-order valence-electron chi connectivity index (χ2n) is 15.2. The Kier molecular flexibility index (Phi) is 12.7. The number of benzene rings is 2. The number of H-pyrrole nitrogens is 2. The van der Waals surface area contributed by atoms with E-state index in [1.165, 1.54) is 14.2 Å². The first-order valence-electron chi connectivity index (χ1n) is 19.5. The van der Waals surface area contributed by atoms with Gasteiger partial charge in [-0.25, -0.2) is 19.6 Å². The van der Waals surface area contributed by atoms with E-state index in [1.54, 1.807) is 22.2 Å². The summed E-state index contributed by atoms with van der Waals surface area (Å²) in [5, 5.41) is 5.39. The van der Waals surface area contributed by atoms with Gasteiger partial charge in [-0.05, 0) is 67.2 Å². The maximum Gasteiger partial charge on any atom is 0.407 e. The largest absolute Gasteiger partial charge is 0.453 e. The number of amides is 4. The van der Waals surface area contributed by atoms with Gasteiger partial charge in [-0.2, -0.15) is 0 Å². The first-order chi connectivity index (χ1) is 27.4. The van der Waals surface area contributed by atoms with Crippen molar-refractivity contribution >= 4 is 24.0 Å². The molecule has 2 aromatic heterocycles. The molecule has 2 saturated heterocycles. The normalized spacial score (nSPS) is 17.6. The number of rotatable bonds is 11. The number of alkyl carbamates (subject to hydrolysis) is 2. The molecule has 4 N–H and O–H groups in total. The standard InChI is InChI=1S/C43H52N8O6/c1-8-11-29-22-30(33-24-45-39(47-33)35-13-10-21-51(35)41(53)37(26(4)5)49-43(55)57-7)18-19-31(29)27-14-16-28(17-15-27)32-23-44-38(46-32)34-12-9-20-50(34)40(52)36(25(2)3)48-42(54)56-6/h14-19,22-26,34-37H,9-10,12-13,20-21H2,1-7H3,(H,44,46)(H,45,47)(H,48,54)(H,49,55)/t34-,35-,36-,37-/m0/s1. The summed E-state index contributed by atoms with van der Waals surface area (Å²) in [6.45, 7) is 10.6. The quantitative estimate of drug-likeness (QED) is 0.123. The molecule has 14 heteroatoms. The predicted molar refractivity (Wildman–Crippen MR) is 215 cm³/mol. The molecule has 0 unspecified atom stereocenters. The number of ether oxygens (including phenoxy) is 2. The van der Waals surface area contributed by atoms with E-state index in [2.05, 4.69) is 55.6 Å². The Morgan fingerprint density at radius 2 is 1.18 bits per heavy atom. The zero-order valence-corrected chi connectivity index (χ0v) is 33.6.